The molecule has 4 nitrogen and oxygen atoms in total. The number of hydrogen-bond donors (Lipinski definition) is 0. The van der Waals surface area contributed by atoms with Gasteiger partial charge in [0.1, 0.15) is 24.8 Å². The summed E-state index contributed by atoms with van der Waals surface area (Å²) < 4.78 is 8.00. The molecule has 0 amide bonds. The second-order valence-corrected chi connectivity index (χ2v) is 3.49. The molecule has 2 aromatic rings. The van der Waals surface area contributed by atoms with Gasteiger partial charge in [0, 0.05) is 0 Å². The van der Waals surface area contributed by atoms with Crippen LogP contribution in [0.5, 0.6) is 0 Å². The van der Waals surface area contributed by atoms with Gasteiger partial charge in [0.05, 0.1) is 28.2 Å². The molecule has 0 radical (unpaired) electrons. The van der Waals surface area contributed by atoms with Crippen LogP contribution in [0.25, 0.3) is 0 Å². The van der Waals surface area contributed by atoms with E-state index in [1.54, 1.807) is 0 Å². The number of nitrogens with zero attached hydrogens (tertiary/aromatic N) is 4. The molecule has 2 rings (SSSR count). The van der Waals surface area contributed by atoms with Gasteiger partial charge in [-0.15, -0.1) is 0 Å². The Kier molecular flexibility index (Phi) is 15.5. The molecule has 0 spiro atoms. The Bertz CT molecular complexity index is 329. The van der Waals surface area contributed by atoms with Gasteiger partial charge in [0.15, 0.2) is 0 Å². The van der Waals surface area contributed by atoms with Crippen LogP contribution in [-0.4, -0.2) is 9.13 Å². The Balaban J connectivity index is -0.000000196. The van der Waals surface area contributed by atoms with Gasteiger partial charge in [-0.1, -0.05) is 0 Å². The van der Waals surface area contributed by atoms with Crippen molar-refractivity contribution in [3.63, 3.8) is 0 Å². The van der Waals surface area contributed by atoms with Gasteiger partial charge < -0.3 is 48.0 Å². The molecule has 17 heavy (non-hydrogen) atoms. The molecule has 100 valence electrons. The number of halogens is 2. The maximum atomic E-state index is 2.00. The van der Waals surface area contributed by atoms with Crippen LogP contribution >= 0.6 is 0 Å². The Morgan fingerprint density at radius 2 is 1.06 bits per heavy atom. The quantitative estimate of drug-likeness (QED) is 0.175. The average molecular weight is 555 g/mol. The topological polar surface area (TPSA) is 17.6 Å². The molecule has 0 N–H and O–H groups in total. The number of hydrogen-bond acceptors (Lipinski definition) is 0. The van der Waals surface area contributed by atoms with E-state index in [1.807, 2.05) is 83.9 Å². The second-order valence-electron chi connectivity index (χ2n) is 3.49. The third kappa shape index (κ3) is 10.2. The molecule has 0 unspecified atom stereocenters. The van der Waals surface area contributed by atoms with Crippen LogP contribution in [-0.2, 0) is 48.6 Å². The van der Waals surface area contributed by atoms with Crippen LogP contribution in [0.2, 0.25) is 0 Å². The minimum atomic E-state index is 0. The molecular formula is C10H18I2N4Pd+2. The number of rotatable bonds is 0. The number of aryl methyl sites for hydroxylation is 4. The van der Waals surface area contributed by atoms with Crippen molar-refractivity contribution in [2.45, 2.75) is 0 Å². The summed E-state index contributed by atoms with van der Waals surface area (Å²) in [5.74, 6) is 0. The maximum absolute atomic E-state index is 2.00. The first-order valence-corrected chi connectivity index (χ1v) is 4.52. The summed E-state index contributed by atoms with van der Waals surface area (Å²) >= 11 is 0. The smallest absolute Gasteiger partial charge is 1.00 e. The van der Waals surface area contributed by atoms with E-state index >= 15 is 0 Å². The molecule has 0 saturated carbocycles. The van der Waals surface area contributed by atoms with Crippen LogP contribution < -0.4 is 57.1 Å². The van der Waals surface area contributed by atoms with E-state index in [4.69, 9.17) is 0 Å². The minimum Gasteiger partial charge on any atom is -1.00 e. The van der Waals surface area contributed by atoms with Gasteiger partial charge in [0.2, 0.25) is 12.7 Å². The monoisotopic (exact) mass is 554 g/mol. The molecule has 0 saturated heterocycles. The zero-order valence-corrected chi connectivity index (χ0v) is 16.2. The molecule has 0 aliphatic carbocycles. The van der Waals surface area contributed by atoms with Crippen LogP contribution in [0, 0.1) is 0 Å². The Hall–Kier alpha value is 0.542. The molecule has 0 aliphatic rings. The normalized spacial score (nSPS) is 7.76. The van der Waals surface area contributed by atoms with Gasteiger partial charge in [-0.05, 0) is 0 Å². The van der Waals surface area contributed by atoms with Crippen LogP contribution in [0.4, 0.5) is 0 Å². The van der Waals surface area contributed by atoms with Crippen LogP contribution in [0.1, 0.15) is 0 Å². The first-order valence-electron chi connectivity index (χ1n) is 4.52. The van der Waals surface area contributed by atoms with E-state index in [-0.39, 0.29) is 68.4 Å². The van der Waals surface area contributed by atoms with Gasteiger partial charge in [-0.3, -0.25) is 0 Å². The number of imidazole rings is 2. The van der Waals surface area contributed by atoms with Crippen molar-refractivity contribution in [3.8, 4) is 0 Å². The van der Waals surface area contributed by atoms with Gasteiger partial charge >= 0.3 is 20.4 Å². The van der Waals surface area contributed by atoms with Crippen LogP contribution in [0.15, 0.2) is 37.4 Å². The zero-order chi connectivity index (χ0) is 10.6. The molecule has 0 atom stereocenters. The first-order chi connectivity index (χ1) is 6.58. The first kappa shape index (κ1) is 22.7. The molecule has 2 aromatic heterocycles. The fourth-order valence-corrected chi connectivity index (χ4v) is 1.15. The second kappa shape index (κ2) is 11.6. The van der Waals surface area contributed by atoms with Crippen molar-refractivity contribution < 1.29 is 77.5 Å². The molecule has 2 heterocycles. The maximum Gasteiger partial charge on any atom is 2.00 e. The van der Waals surface area contributed by atoms with Crippen molar-refractivity contribution in [2.75, 3.05) is 0 Å². The summed E-state index contributed by atoms with van der Waals surface area (Å²) in [5.41, 5.74) is 0. The van der Waals surface area contributed by atoms with E-state index in [1.165, 1.54) is 0 Å². The Morgan fingerprint density at radius 3 is 1.12 bits per heavy atom. The summed E-state index contributed by atoms with van der Waals surface area (Å²) in [7, 11) is 8.00. The third-order valence-corrected chi connectivity index (χ3v) is 1.80. The third-order valence-electron chi connectivity index (χ3n) is 1.80. The molecule has 0 aliphatic heterocycles. The van der Waals surface area contributed by atoms with E-state index in [0.29, 0.717) is 0 Å². The Labute approximate surface area is 151 Å². The van der Waals surface area contributed by atoms with Crippen molar-refractivity contribution in [1.82, 2.24) is 9.13 Å². The van der Waals surface area contributed by atoms with Crippen LogP contribution in [0.3, 0.4) is 0 Å². The number of aromatic nitrogens is 4. The summed E-state index contributed by atoms with van der Waals surface area (Å²) in [6.45, 7) is 0. The van der Waals surface area contributed by atoms with E-state index in [9.17, 15) is 0 Å². The summed E-state index contributed by atoms with van der Waals surface area (Å²) in [6, 6.07) is 0. The fraction of sp³-hybridized carbons (Fsp3) is 0.400. The van der Waals surface area contributed by atoms with Crippen molar-refractivity contribution >= 4 is 0 Å². The van der Waals surface area contributed by atoms with Gasteiger partial charge in [0.25, 0.3) is 0 Å². The molecular weight excluding hydrogens is 536 g/mol. The van der Waals surface area contributed by atoms with Gasteiger partial charge in [-0.25, -0.2) is 18.3 Å². The molecule has 7 heteroatoms. The summed E-state index contributed by atoms with van der Waals surface area (Å²) in [4.78, 5) is 0. The molecule has 0 bridgehead atoms. The van der Waals surface area contributed by atoms with Crippen molar-refractivity contribution in [2.24, 2.45) is 28.2 Å². The fourth-order valence-electron chi connectivity index (χ4n) is 1.15. The van der Waals surface area contributed by atoms with Gasteiger partial charge in [-0.2, -0.15) is 0 Å². The standard InChI is InChI=1S/2C5H9N2.2HI.Pd/c2*1-6-3-4-7(2)5-6;;;/h2*3-5H,1-2H3;2*1H;/q2*+1;;;+2/p-2. The van der Waals surface area contributed by atoms with E-state index in [2.05, 4.69) is 0 Å². The zero-order valence-electron chi connectivity index (χ0n) is 10.3. The van der Waals surface area contributed by atoms with Crippen molar-refractivity contribution in [3.05, 3.63) is 37.4 Å². The average Bonchev–Trinajstić information content (AvgIpc) is 2.63. The van der Waals surface area contributed by atoms with E-state index in [0.717, 1.165) is 0 Å². The molecule has 0 fully saturated rings. The summed E-state index contributed by atoms with van der Waals surface area (Å²) in [5, 5.41) is 0. The largest absolute Gasteiger partial charge is 2.00 e. The predicted molar refractivity (Wildman–Crippen MR) is 53.2 cm³/mol. The van der Waals surface area contributed by atoms with E-state index < -0.39 is 0 Å². The van der Waals surface area contributed by atoms with Crippen molar-refractivity contribution in [1.29, 1.82) is 0 Å². The minimum absolute atomic E-state index is 0. The molecule has 0 aromatic carbocycles. The Morgan fingerprint density at radius 1 is 0.765 bits per heavy atom. The summed E-state index contributed by atoms with van der Waals surface area (Å²) in [6.07, 6.45) is 12.0. The SMILES string of the molecule is Cn1cc[n+](C)c1.Cn1cc[n+](C)c1.[I-].[I-].[Pd+2]. The predicted octanol–water partition coefficient (Wildman–Crippen LogP) is -6.30.